The zero-order valence-corrected chi connectivity index (χ0v) is 9.14. The number of hydrogen-bond acceptors (Lipinski definition) is 1. The first-order valence-corrected chi connectivity index (χ1v) is 5.00. The van der Waals surface area contributed by atoms with Crippen LogP contribution in [0.2, 0.25) is 0 Å². The Balaban J connectivity index is 2.87. The molecule has 72 valence electrons. The third-order valence-corrected chi connectivity index (χ3v) is 2.59. The van der Waals surface area contributed by atoms with Crippen LogP contribution in [0.25, 0.3) is 0 Å². The van der Waals surface area contributed by atoms with Gasteiger partial charge in [-0.25, -0.2) is 4.39 Å². The number of nitrogens with two attached hydrogens (primary N) is 1. The van der Waals surface area contributed by atoms with Crippen LogP contribution in [0.3, 0.4) is 0 Å². The van der Waals surface area contributed by atoms with Gasteiger partial charge in [0.1, 0.15) is 5.67 Å². The van der Waals surface area contributed by atoms with E-state index in [0.29, 0.717) is 18.5 Å². The molecule has 0 aliphatic heterocycles. The van der Waals surface area contributed by atoms with Gasteiger partial charge in [-0.1, -0.05) is 28.1 Å². The third kappa shape index (κ3) is 2.78. The molecule has 1 unspecified atom stereocenters. The van der Waals surface area contributed by atoms with Crippen molar-refractivity contribution in [1.29, 1.82) is 0 Å². The van der Waals surface area contributed by atoms with Crippen LogP contribution in [-0.4, -0.2) is 6.54 Å². The van der Waals surface area contributed by atoms with Gasteiger partial charge in [0.2, 0.25) is 0 Å². The number of benzene rings is 1. The lowest BCUT2D eigenvalue weighted by atomic mass is 9.95. The molecule has 1 aromatic rings. The number of alkyl halides is 1. The first-order chi connectivity index (χ1) is 6.06. The summed E-state index contributed by atoms with van der Waals surface area (Å²) in [6.07, 6.45) is 0.356. The van der Waals surface area contributed by atoms with E-state index >= 15 is 0 Å². The van der Waals surface area contributed by atoms with E-state index < -0.39 is 5.67 Å². The first kappa shape index (κ1) is 10.7. The number of rotatable bonds is 3. The maximum Gasteiger partial charge on any atom is 0.134 e. The molecule has 0 radical (unpaired) electrons. The van der Waals surface area contributed by atoms with Gasteiger partial charge in [-0.3, -0.25) is 0 Å². The molecule has 1 nitrogen and oxygen atoms in total. The quantitative estimate of drug-likeness (QED) is 0.871. The zero-order chi connectivity index (χ0) is 9.90. The standard InChI is InChI=1S/C10H13BrFN/c1-10(12,6-7-13)8-2-4-9(11)5-3-8/h2-5H,6-7,13H2,1H3. The molecule has 0 aliphatic carbocycles. The molecule has 0 spiro atoms. The van der Waals surface area contributed by atoms with E-state index in [1.54, 1.807) is 19.1 Å². The maximum absolute atomic E-state index is 13.9. The Labute approximate surface area is 86.3 Å². The SMILES string of the molecule is CC(F)(CCN)c1ccc(Br)cc1. The molecule has 1 rings (SSSR count). The molecule has 0 aliphatic rings. The van der Waals surface area contributed by atoms with Crippen molar-refractivity contribution in [3.8, 4) is 0 Å². The Morgan fingerprint density at radius 3 is 2.38 bits per heavy atom. The van der Waals surface area contributed by atoms with Crippen LogP contribution in [0, 0.1) is 0 Å². The van der Waals surface area contributed by atoms with Gasteiger partial charge in [0.25, 0.3) is 0 Å². The van der Waals surface area contributed by atoms with Crippen molar-refractivity contribution in [3.63, 3.8) is 0 Å². The van der Waals surface area contributed by atoms with Crippen LogP contribution >= 0.6 is 15.9 Å². The number of halogens is 2. The molecular weight excluding hydrogens is 233 g/mol. The van der Waals surface area contributed by atoms with Crippen LogP contribution in [0.4, 0.5) is 4.39 Å². The van der Waals surface area contributed by atoms with Crippen LogP contribution in [0.1, 0.15) is 18.9 Å². The molecule has 0 aromatic heterocycles. The fraction of sp³-hybridized carbons (Fsp3) is 0.400. The Hall–Kier alpha value is -0.410. The third-order valence-electron chi connectivity index (χ3n) is 2.06. The molecule has 1 atom stereocenters. The molecule has 13 heavy (non-hydrogen) atoms. The predicted molar refractivity (Wildman–Crippen MR) is 56.3 cm³/mol. The largest absolute Gasteiger partial charge is 0.330 e. The minimum atomic E-state index is -1.31. The Morgan fingerprint density at radius 2 is 1.92 bits per heavy atom. The second-order valence-electron chi connectivity index (χ2n) is 3.24. The van der Waals surface area contributed by atoms with Crippen molar-refractivity contribution >= 4 is 15.9 Å². The van der Waals surface area contributed by atoms with Crippen LogP contribution in [-0.2, 0) is 5.67 Å². The van der Waals surface area contributed by atoms with Gasteiger partial charge < -0.3 is 5.73 Å². The van der Waals surface area contributed by atoms with Gasteiger partial charge in [-0.2, -0.15) is 0 Å². The van der Waals surface area contributed by atoms with Gasteiger partial charge in [-0.05, 0) is 37.6 Å². The fourth-order valence-electron chi connectivity index (χ4n) is 1.21. The smallest absolute Gasteiger partial charge is 0.134 e. The van der Waals surface area contributed by atoms with Crippen molar-refractivity contribution in [2.24, 2.45) is 5.73 Å². The highest BCUT2D eigenvalue weighted by Gasteiger charge is 2.24. The van der Waals surface area contributed by atoms with Crippen molar-refractivity contribution < 1.29 is 4.39 Å². The van der Waals surface area contributed by atoms with E-state index in [0.717, 1.165) is 4.47 Å². The molecular formula is C10H13BrFN. The van der Waals surface area contributed by atoms with Gasteiger partial charge >= 0.3 is 0 Å². The fourth-order valence-corrected chi connectivity index (χ4v) is 1.48. The van der Waals surface area contributed by atoms with E-state index in [4.69, 9.17) is 5.73 Å². The predicted octanol–water partition coefficient (Wildman–Crippen LogP) is 2.98. The van der Waals surface area contributed by atoms with Gasteiger partial charge in [0.15, 0.2) is 0 Å². The van der Waals surface area contributed by atoms with Crippen LogP contribution in [0.15, 0.2) is 28.7 Å². The highest BCUT2D eigenvalue weighted by atomic mass is 79.9. The normalized spacial score (nSPS) is 15.4. The monoisotopic (exact) mass is 245 g/mol. The van der Waals surface area contributed by atoms with Crippen molar-refractivity contribution in [2.45, 2.75) is 19.0 Å². The highest BCUT2D eigenvalue weighted by Crippen LogP contribution is 2.29. The molecule has 0 amide bonds. The Morgan fingerprint density at radius 1 is 1.38 bits per heavy atom. The average Bonchev–Trinajstić information content (AvgIpc) is 2.05. The second kappa shape index (κ2) is 4.20. The summed E-state index contributed by atoms with van der Waals surface area (Å²) in [6, 6.07) is 7.23. The Bertz CT molecular complexity index is 269. The first-order valence-electron chi connectivity index (χ1n) is 4.21. The molecule has 3 heteroatoms. The number of hydrogen-bond donors (Lipinski definition) is 1. The summed E-state index contributed by atoms with van der Waals surface area (Å²) in [4.78, 5) is 0. The molecule has 0 saturated heterocycles. The highest BCUT2D eigenvalue weighted by molar-refractivity contribution is 9.10. The Kier molecular flexibility index (Phi) is 3.45. The summed E-state index contributed by atoms with van der Waals surface area (Å²) in [5.74, 6) is 0. The lowest BCUT2D eigenvalue weighted by Crippen LogP contribution is -2.19. The van der Waals surface area contributed by atoms with E-state index in [2.05, 4.69) is 15.9 Å². The molecule has 1 aromatic carbocycles. The van der Waals surface area contributed by atoms with Gasteiger partial charge in [-0.15, -0.1) is 0 Å². The summed E-state index contributed by atoms with van der Waals surface area (Å²) in [7, 11) is 0. The summed E-state index contributed by atoms with van der Waals surface area (Å²) < 4.78 is 14.8. The van der Waals surface area contributed by atoms with E-state index in [-0.39, 0.29) is 0 Å². The van der Waals surface area contributed by atoms with Crippen LogP contribution in [0.5, 0.6) is 0 Å². The van der Waals surface area contributed by atoms with Crippen molar-refractivity contribution in [1.82, 2.24) is 0 Å². The van der Waals surface area contributed by atoms with E-state index in [1.807, 2.05) is 12.1 Å². The average molecular weight is 246 g/mol. The van der Waals surface area contributed by atoms with Crippen LogP contribution < -0.4 is 5.73 Å². The molecule has 2 N–H and O–H groups in total. The lowest BCUT2D eigenvalue weighted by molar-refractivity contribution is 0.181. The van der Waals surface area contributed by atoms with Crippen molar-refractivity contribution in [3.05, 3.63) is 34.3 Å². The van der Waals surface area contributed by atoms with E-state index in [9.17, 15) is 4.39 Å². The minimum absolute atomic E-state index is 0.356. The summed E-state index contributed by atoms with van der Waals surface area (Å²) in [6.45, 7) is 1.92. The zero-order valence-electron chi connectivity index (χ0n) is 7.56. The second-order valence-corrected chi connectivity index (χ2v) is 4.16. The molecule has 0 fully saturated rings. The molecule has 0 bridgehead atoms. The summed E-state index contributed by atoms with van der Waals surface area (Å²) in [5, 5.41) is 0. The minimum Gasteiger partial charge on any atom is -0.330 e. The van der Waals surface area contributed by atoms with Gasteiger partial charge in [0, 0.05) is 4.47 Å². The van der Waals surface area contributed by atoms with Crippen molar-refractivity contribution in [2.75, 3.05) is 6.54 Å². The summed E-state index contributed by atoms with van der Waals surface area (Å²) in [5.41, 5.74) is 4.70. The maximum atomic E-state index is 13.9. The molecule has 0 saturated carbocycles. The van der Waals surface area contributed by atoms with Gasteiger partial charge in [0.05, 0.1) is 0 Å². The summed E-state index contributed by atoms with van der Waals surface area (Å²) >= 11 is 3.30. The molecule has 0 heterocycles. The van der Waals surface area contributed by atoms with E-state index in [1.165, 1.54) is 0 Å². The lowest BCUT2D eigenvalue weighted by Gasteiger charge is -2.19. The topological polar surface area (TPSA) is 26.0 Å².